The molecule has 5 N–H and O–H groups in total. The fourth-order valence-electron chi connectivity index (χ4n) is 1.23. The maximum Gasteiger partial charge on any atom is 0.136 e. The molecule has 78 valence electrons. The van der Waals surface area contributed by atoms with Gasteiger partial charge in [0.15, 0.2) is 0 Å². The summed E-state index contributed by atoms with van der Waals surface area (Å²) in [7, 11) is 0. The van der Waals surface area contributed by atoms with Crippen molar-refractivity contribution in [2.75, 3.05) is 6.54 Å². The first-order valence-corrected chi connectivity index (χ1v) is 5.37. The highest BCUT2D eigenvalue weighted by Crippen LogP contribution is 2.37. The predicted molar refractivity (Wildman–Crippen MR) is 61.4 cm³/mol. The van der Waals surface area contributed by atoms with Crippen LogP contribution in [0.5, 0.6) is 5.75 Å². The van der Waals surface area contributed by atoms with Crippen molar-refractivity contribution in [3.63, 3.8) is 0 Å². The molecular formula is C9H12BrClN2O. The zero-order valence-electron chi connectivity index (χ0n) is 7.50. The molecule has 1 atom stereocenters. The molecular weight excluding hydrogens is 267 g/mol. The number of nitrogens with two attached hydrogens (primary N) is 2. The van der Waals surface area contributed by atoms with Crippen LogP contribution >= 0.6 is 27.5 Å². The Morgan fingerprint density at radius 2 is 2.14 bits per heavy atom. The summed E-state index contributed by atoms with van der Waals surface area (Å²) in [4.78, 5) is 0. The minimum atomic E-state index is -0.329. The Kier molecular flexibility index (Phi) is 4.19. The zero-order chi connectivity index (χ0) is 10.7. The van der Waals surface area contributed by atoms with Gasteiger partial charge in [-0.05, 0) is 41.0 Å². The number of benzene rings is 1. The van der Waals surface area contributed by atoms with Crippen LogP contribution < -0.4 is 11.5 Å². The third-order valence-electron chi connectivity index (χ3n) is 1.96. The highest BCUT2D eigenvalue weighted by atomic mass is 79.9. The maximum atomic E-state index is 9.72. The highest BCUT2D eigenvalue weighted by molar-refractivity contribution is 9.10. The van der Waals surface area contributed by atoms with Crippen molar-refractivity contribution in [3.8, 4) is 5.75 Å². The summed E-state index contributed by atoms with van der Waals surface area (Å²) in [6.45, 7) is 0.462. The average Bonchev–Trinajstić information content (AvgIpc) is 2.13. The van der Waals surface area contributed by atoms with Gasteiger partial charge in [0.1, 0.15) is 5.75 Å². The van der Waals surface area contributed by atoms with E-state index in [1.54, 1.807) is 12.1 Å². The first-order chi connectivity index (χ1) is 6.57. The molecule has 0 aliphatic rings. The molecule has 3 nitrogen and oxygen atoms in total. The molecule has 0 spiro atoms. The summed E-state index contributed by atoms with van der Waals surface area (Å²) in [6, 6.07) is 3.04. The molecule has 0 aromatic heterocycles. The largest absolute Gasteiger partial charge is 0.506 e. The SMILES string of the molecule is NCC[C@H](N)c1c(Cl)ccc(Br)c1O. The van der Waals surface area contributed by atoms with Crippen LogP contribution in [0.2, 0.25) is 5.02 Å². The van der Waals surface area contributed by atoms with E-state index in [0.717, 1.165) is 0 Å². The Labute approximate surface area is 96.2 Å². The van der Waals surface area contributed by atoms with Crippen LogP contribution in [0, 0.1) is 0 Å². The van der Waals surface area contributed by atoms with Crippen molar-refractivity contribution in [1.82, 2.24) is 0 Å². The van der Waals surface area contributed by atoms with E-state index in [4.69, 9.17) is 23.1 Å². The molecule has 0 saturated heterocycles. The molecule has 0 aliphatic carbocycles. The Morgan fingerprint density at radius 1 is 1.50 bits per heavy atom. The van der Waals surface area contributed by atoms with Crippen molar-refractivity contribution in [3.05, 3.63) is 27.2 Å². The van der Waals surface area contributed by atoms with Crippen molar-refractivity contribution >= 4 is 27.5 Å². The number of rotatable bonds is 3. The predicted octanol–water partition coefficient (Wildman–Crippen LogP) is 2.16. The normalized spacial score (nSPS) is 12.9. The van der Waals surface area contributed by atoms with Crippen LogP contribution in [0.15, 0.2) is 16.6 Å². The van der Waals surface area contributed by atoms with E-state index in [1.807, 2.05) is 0 Å². The molecule has 1 aromatic rings. The van der Waals surface area contributed by atoms with Crippen molar-refractivity contribution in [2.45, 2.75) is 12.5 Å². The number of halogens is 2. The molecule has 1 aromatic carbocycles. The van der Waals surface area contributed by atoms with Gasteiger partial charge in [-0.25, -0.2) is 0 Å². The molecule has 1 rings (SSSR count). The van der Waals surface area contributed by atoms with Crippen molar-refractivity contribution in [1.29, 1.82) is 0 Å². The summed E-state index contributed by atoms with van der Waals surface area (Å²) < 4.78 is 0.587. The van der Waals surface area contributed by atoms with E-state index in [-0.39, 0.29) is 11.8 Å². The van der Waals surface area contributed by atoms with E-state index < -0.39 is 0 Å². The van der Waals surface area contributed by atoms with Gasteiger partial charge in [-0.2, -0.15) is 0 Å². The molecule has 14 heavy (non-hydrogen) atoms. The molecule has 0 unspecified atom stereocenters. The Hall–Kier alpha value is -0.290. The van der Waals surface area contributed by atoms with Gasteiger partial charge >= 0.3 is 0 Å². The zero-order valence-corrected chi connectivity index (χ0v) is 9.85. The molecule has 5 heteroatoms. The fraction of sp³-hybridized carbons (Fsp3) is 0.333. The number of phenols is 1. The second-order valence-electron chi connectivity index (χ2n) is 2.98. The van der Waals surface area contributed by atoms with Crippen LogP contribution in [0.4, 0.5) is 0 Å². The minimum absolute atomic E-state index is 0.0958. The van der Waals surface area contributed by atoms with E-state index in [9.17, 15) is 5.11 Å². The second kappa shape index (κ2) is 4.98. The highest BCUT2D eigenvalue weighted by Gasteiger charge is 2.16. The Bertz CT molecular complexity index is 333. The van der Waals surface area contributed by atoms with Crippen LogP contribution in [0.1, 0.15) is 18.0 Å². The summed E-state index contributed by atoms with van der Waals surface area (Å²) in [5.41, 5.74) is 11.8. The molecule has 0 fully saturated rings. The number of hydrogen-bond acceptors (Lipinski definition) is 3. The van der Waals surface area contributed by atoms with Crippen molar-refractivity contribution in [2.24, 2.45) is 11.5 Å². The smallest absolute Gasteiger partial charge is 0.136 e. The Morgan fingerprint density at radius 3 is 2.71 bits per heavy atom. The quantitative estimate of drug-likeness (QED) is 0.794. The van der Waals surface area contributed by atoms with Gasteiger partial charge < -0.3 is 16.6 Å². The molecule has 0 heterocycles. The summed E-state index contributed by atoms with van der Waals surface area (Å²) in [5, 5.41) is 10.2. The molecule has 0 bridgehead atoms. The first-order valence-electron chi connectivity index (χ1n) is 4.20. The fourth-order valence-corrected chi connectivity index (χ4v) is 1.87. The van der Waals surface area contributed by atoms with Crippen LogP contribution in [-0.2, 0) is 0 Å². The summed E-state index contributed by atoms with van der Waals surface area (Å²) in [5.74, 6) is 0.0958. The van der Waals surface area contributed by atoms with Gasteiger partial charge in [-0.3, -0.25) is 0 Å². The Balaban J connectivity index is 3.11. The van der Waals surface area contributed by atoms with E-state index >= 15 is 0 Å². The van der Waals surface area contributed by atoms with Gasteiger partial charge in [-0.15, -0.1) is 0 Å². The van der Waals surface area contributed by atoms with Gasteiger partial charge in [0, 0.05) is 16.6 Å². The monoisotopic (exact) mass is 278 g/mol. The third kappa shape index (κ3) is 2.39. The number of aromatic hydroxyl groups is 1. The minimum Gasteiger partial charge on any atom is -0.506 e. The van der Waals surface area contributed by atoms with Crippen LogP contribution in [0.3, 0.4) is 0 Å². The van der Waals surface area contributed by atoms with Crippen molar-refractivity contribution < 1.29 is 5.11 Å². The van der Waals surface area contributed by atoms with E-state index in [0.29, 0.717) is 28.0 Å². The first kappa shape index (κ1) is 11.8. The maximum absolute atomic E-state index is 9.72. The second-order valence-corrected chi connectivity index (χ2v) is 4.24. The number of hydrogen-bond donors (Lipinski definition) is 3. The lowest BCUT2D eigenvalue weighted by atomic mass is 10.0. The van der Waals surface area contributed by atoms with Gasteiger partial charge in [0.2, 0.25) is 0 Å². The topological polar surface area (TPSA) is 72.3 Å². The molecule has 0 saturated carbocycles. The molecule has 0 radical (unpaired) electrons. The van der Waals surface area contributed by atoms with E-state index in [1.165, 1.54) is 0 Å². The van der Waals surface area contributed by atoms with Gasteiger partial charge in [-0.1, -0.05) is 11.6 Å². The average molecular weight is 280 g/mol. The lowest BCUT2D eigenvalue weighted by molar-refractivity contribution is 0.456. The number of phenolic OH excluding ortho intramolecular Hbond substituents is 1. The lowest BCUT2D eigenvalue weighted by Crippen LogP contribution is -2.16. The molecule has 0 amide bonds. The van der Waals surface area contributed by atoms with Gasteiger partial charge in [0.25, 0.3) is 0 Å². The van der Waals surface area contributed by atoms with Gasteiger partial charge in [0.05, 0.1) is 4.47 Å². The summed E-state index contributed by atoms with van der Waals surface area (Å²) >= 11 is 9.13. The third-order valence-corrected chi connectivity index (χ3v) is 2.93. The lowest BCUT2D eigenvalue weighted by Gasteiger charge is -2.15. The van der Waals surface area contributed by atoms with Crippen LogP contribution in [0.25, 0.3) is 0 Å². The standard InChI is InChI=1S/C9H12BrClN2O/c10-5-1-2-6(11)8(9(5)14)7(13)3-4-12/h1-2,7,14H,3-4,12-13H2/t7-/m0/s1. The summed E-state index contributed by atoms with van der Waals surface area (Å²) in [6.07, 6.45) is 0.587. The van der Waals surface area contributed by atoms with E-state index in [2.05, 4.69) is 15.9 Å². The molecule has 0 aliphatic heterocycles. The van der Waals surface area contributed by atoms with Crippen LogP contribution in [-0.4, -0.2) is 11.7 Å².